The second-order valence-electron chi connectivity index (χ2n) is 6.05. The average Bonchev–Trinajstić information content (AvgIpc) is 3.00. The largest absolute Gasteiger partial charge is 0.354 e. The number of halogens is 1. The minimum absolute atomic E-state index is 0.0278. The van der Waals surface area contributed by atoms with Crippen LogP contribution in [0.5, 0.6) is 0 Å². The molecular weight excluding hydrogens is 278 g/mol. The van der Waals surface area contributed by atoms with Gasteiger partial charge in [0.1, 0.15) is 5.15 Å². The zero-order valence-electron chi connectivity index (χ0n) is 11.5. The molecule has 108 valence electrons. The fourth-order valence-electron chi connectivity index (χ4n) is 3.88. The van der Waals surface area contributed by atoms with Gasteiger partial charge in [0.2, 0.25) is 5.82 Å². The summed E-state index contributed by atoms with van der Waals surface area (Å²) in [4.78, 5) is 16.8. The number of hydrogen-bond donors (Lipinski definition) is 0. The number of nitrogens with zero attached hydrogens (tertiary/aromatic N) is 3. The highest BCUT2D eigenvalue weighted by Crippen LogP contribution is 2.48. The van der Waals surface area contributed by atoms with E-state index < -0.39 is 4.92 Å². The third-order valence-corrected chi connectivity index (χ3v) is 4.98. The minimum atomic E-state index is -0.393. The number of pyridine rings is 1. The summed E-state index contributed by atoms with van der Waals surface area (Å²) in [5.41, 5.74) is 0.0278. The first-order chi connectivity index (χ1) is 9.54. The number of hydrogen-bond acceptors (Lipinski definition) is 4. The zero-order chi connectivity index (χ0) is 14.3. The van der Waals surface area contributed by atoms with E-state index in [1.807, 2.05) is 11.9 Å². The summed E-state index contributed by atoms with van der Waals surface area (Å²) in [7, 11) is 1.87. The van der Waals surface area contributed by atoms with Crippen LogP contribution >= 0.6 is 11.6 Å². The first-order valence-corrected chi connectivity index (χ1v) is 7.44. The molecule has 2 saturated carbocycles. The smallest absolute Gasteiger partial charge is 0.311 e. The van der Waals surface area contributed by atoms with Crippen LogP contribution in [0.1, 0.15) is 25.7 Å². The van der Waals surface area contributed by atoms with Crippen molar-refractivity contribution < 1.29 is 4.92 Å². The van der Waals surface area contributed by atoms with E-state index in [0.717, 1.165) is 18.4 Å². The molecule has 2 bridgehead atoms. The molecule has 6 heteroatoms. The van der Waals surface area contributed by atoms with Gasteiger partial charge in [-0.2, -0.15) is 0 Å². The van der Waals surface area contributed by atoms with Gasteiger partial charge in [-0.25, -0.2) is 4.98 Å². The van der Waals surface area contributed by atoms with Gasteiger partial charge in [-0.05, 0) is 43.1 Å². The van der Waals surface area contributed by atoms with Gasteiger partial charge in [0, 0.05) is 19.7 Å². The molecule has 20 heavy (non-hydrogen) atoms. The maximum Gasteiger partial charge on any atom is 0.311 e. The highest BCUT2D eigenvalue weighted by Gasteiger charge is 2.40. The monoisotopic (exact) mass is 295 g/mol. The van der Waals surface area contributed by atoms with E-state index in [9.17, 15) is 10.1 Å². The average molecular weight is 296 g/mol. The first-order valence-electron chi connectivity index (χ1n) is 7.06. The Bertz CT molecular complexity index is 537. The molecule has 5 nitrogen and oxygen atoms in total. The van der Waals surface area contributed by atoms with Gasteiger partial charge in [0.05, 0.1) is 4.92 Å². The summed E-state index contributed by atoms with van der Waals surface area (Å²) in [6.45, 7) is 0.829. The van der Waals surface area contributed by atoms with Crippen molar-refractivity contribution in [2.75, 3.05) is 18.5 Å². The van der Waals surface area contributed by atoms with Crippen LogP contribution in [0.25, 0.3) is 0 Å². The van der Waals surface area contributed by atoms with Crippen LogP contribution in [-0.2, 0) is 0 Å². The molecule has 3 rings (SSSR count). The van der Waals surface area contributed by atoms with E-state index in [-0.39, 0.29) is 5.69 Å². The summed E-state index contributed by atoms with van der Waals surface area (Å²) in [5.74, 6) is 2.69. The molecule has 3 unspecified atom stereocenters. The van der Waals surface area contributed by atoms with Crippen molar-refractivity contribution in [3.8, 4) is 0 Å². The van der Waals surface area contributed by atoms with Crippen LogP contribution in [0.15, 0.2) is 12.1 Å². The first kappa shape index (κ1) is 13.6. The van der Waals surface area contributed by atoms with Crippen molar-refractivity contribution in [1.82, 2.24) is 4.98 Å². The molecular formula is C14H18ClN3O2. The standard InChI is InChI=1S/C14H18ClN3O2/c1-17(8-11-7-9-2-3-10(11)6-9)14-12(18(19)20)4-5-13(15)16-14/h4-5,9-11H,2-3,6-8H2,1H3. The maximum atomic E-state index is 11.1. The van der Waals surface area contributed by atoms with E-state index in [1.54, 1.807) is 0 Å². The lowest BCUT2D eigenvalue weighted by Gasteiger charge is -2.27. The third-order valence-electron chi connectivity index (χ3n) is 4.77. The lowest BCUT2D eigenvalue weighted by molar-refractivity contribution is -0.384. The second kappa shape index (κ2) is 5.20. The lowest BCUT2D eigenvalue weighted by atomic mass is 9.88. The van der Waals surface area contributed by atoms with Crippen molar-refractivity contribution in [1.29, 1.82) is 0 Å². The van der Waals surface area contributed by atoms with E-state index in [4.69, 9.17) is 11.6 Å². The second-order valence-corrected chi connectivity index (χ2v) is 6.44. The Balaban J connectivity index is 1.78. The third kappa shape index (κ3) is 2.46. The highest BCUT2D eigenvalue weighted by atomic mass is 35.5. The van der Waals surface area contributed by atoms with E-state index >= 15 is 0 Å². The molecule has 0 N–H and O–H groups in total. The van der Waals surface area contributed by atoms with Crippen LogP contribution in [0.2, 0.25) is 5.15 Å². The fourth-order valence-corrected chi connectivity index (χ4v) is 4.02. The Morgan fingerprint density at radius 2 is 2.25 bits per heavy atom. The molecule has 0 aliphatic heterocycles. The van der Waals surface area contributed by atoms with Crippen LogP contribution in [-0.4, -0.2) is 23.5 Å². The van der Waals surface area contributed by atoms with E-state index in [1.165, 1.54) is 37.8 Å². The number of rotatable bonds is 4. The quantitative estimate of drug-likeness (QED) is 0.484. The molecule has 1 heterocycles. The molecule has 0 aromatic carbocycles. The fraction of sp³-hybridized carbons (Fsp3) is 0.643. The SMILES string of the molecule is CN(CC1CC2CCC1C2)c1nc(Cl)ccc1[N+](=O)[O-]. The Labute approximate surface area is 123 Å². The molecule has 1 aromatic rings. The van der Waals surface area contributed by atoms with Crippen LogP contribution in [0, 0.1) is 27.9 Å². The van der Waals surface area contributed by atoms with Gasteiger partial charge in [0.25, 0.3) is 0 Å². The van der Waals surface area contributed by atoms with Crippen LogP contribution < -0.4 is 4.90 Å². The summed E-state index contributed by atoms with van der Waals surface area (Å²) < 4.78 is 0. The topological polar surface area (TPSA) is 59.3 Å². The Kier molecular flexibility index (Phi) is 3.54. The molecule has 2 aliphatic rings. The normalized spacial score (nSPS) is 27.8. The number of nitro groups is 1. The number of aromatic nitrogens is 1. The Morgan fingerprint density at radius 1 is 1.45 bits per heavy atom. The Morgan fingerprint density at radius 3 is 2.85 bits per heavy atom. The minimum Gasteiger partial charge on any atom is -0.354 e. The Hall–Kier alpha value is -1.36. The molecule has 0 radical (unpaired) electrons. The molecule has 2 fully saturated rings. The van der Waals surface area contributed by atoms with E-state index in [0.29, 0.717) is 16.9 Å². The van der Waals surface area contributed by atoms with Gasteiger partial charge in [-0.3, -0.25) is 10.1 Å². The van der Waals surface area contributed by atoms with Crippen molar-refractivity contribution >= 4 is 23.1 Å². The van der Waals surface area contributed by atoms with Crippen LogP contribution in [0.3, 0.4) is 0 Å². The van der Waals surface area contributed by atoms with Gasteiger partial charge in [-0.15, -0.1) is 0 Å². The molecule has 0 saturated heterocycles. The lowest BCUT2D eigenvalue weighted by Crippen LogP contribution is -2.29. The summed E-state index contributed by atoms with van der Waals surface area (Å²) in [6, 6.07) is 2.90. The van der Waals surface area contributed by atoms with E-state index in [2.05, 4.69) is 4.98 Å². The van der Waals surface area contributed by atoms with Crippen molar-refractivity contribution in [2.24, 2.45) is 17.8 Å². The van der Waals surface area contributed by atoms with Gasteiger partial charge in [-0.1, -0.05) is 18.0 Å². The van der Waals surface area contributed by atoms with Crippen molar-refractivity contribution in [2.45, 2.75) is 25.7 Å². The summed E-state index contributed by atoms with van der Waals surface area (Å²) in [6.07, 6.45) is 5.27. The maximum absolute atomic E-state index is 11.1. The molecule has 1 aromatic heterocycles. The van der Waals surface area contributed by atoms with Crippen molar-refractivity contribution in [3.63, 3.8) is 0 Å². The molecule has 2 aliphatic carbocycles. The van der Waals surface area contributed by atoms with Gasteiger partial charge >= 0.3 is 5.69 Å². The molecule has 3 atom stereocenters. The molecule has 0 amide bonds. The predicted molar refractivity (Wildman–Crippen MR) is 78.1 cm³/mol. The zero-order valence-corrected chi connectivity index (χ0v) is 12.2. The summed E-state index contributed by atoms with van der Waals surface area (Å²) >= 11 is 5.88. The highest BCUT2D eigenvalue weighted by molar-refractivity contribution is 6.29. The van der Waals surface area contributed by atoms with Gasteiger partial charge in [0.15, 0.2) is 0 Å². The van der Waals surface area contributed by atoms with Crippen LogP contribution in [0.4, 0.5) is 11.5 Å². The predicted octanol–water partition coefficient (Wildman–Crippen LogP) is 3.52. The molecule has 0 spiro atoms. The number of fused-ring (bicyclic) bond motifs is 2. The summed E-state index contributed by atoms with van der Waals surface area (Å²) in [5, 5.41) is 11.4. The van der Waals surface area contributed by atoms with Gasteiger partial charge < -0.3 is 4.90 Å². The van der Waals surface area contributed by atoms with Crippen molar-refractivity contribution in [3.05, 3.63) is 27.4 Å². The number of anilines is 1.